The fourth-order valence-corrected chi connectivity index (χ4v) is 1.77. The van der Waals surface area contributed by atoms with Gasteiger partial charge >= 0.3 is 0 Å². The van der Waals surface area contributed by atoms with Gasteiger partial charge in [0.15, 0.2) is 0 Å². The van der Waals surface area contributed by atoms with Gasteiger partial charge in [0.05, 0.1) is 17.7 Å². The molecule has 0 aliphatic heterocycles. The molecule has 3 heteroatoms. The van der Waals surface area contributed by atoms with Crippen LogP contribution < -0.4 is 5.32 Å². The van der Waals surface area contributed by atoms with Crippen molar-refractivity contribution in [1.29, 1.82) is 5.26 Å². The van der Waals surface area contributed by atoms with E-state index in [9.17, 15) is 5.11 Å². The summed E-state index contributed by atoms with van der Waals surface area (Å²) in [4.78, 5) is 0. The van der Waals surface area contributed by atoms with Crippen LogP contribution in [-0.4, -0.2) is 17.7 Å². The molecule has 1 aromatic carbocycles. The van der Waals surface area contributed by atoms with Crippen LogP contribution in [0.5, 0.6) is 0 Å². The summed E-state index contributed by atoms with van der Waals surface area (Å²) in [6.07, 6.45) is 0.723. The molecule has 0 bridgehead atoms. The Kier molecular flexibility index (Phi) is 3.23. The summed E-state index contributed by atoms with van der Waals surface area (Å²) in [7, 11) is 0. The average Bonchev–Trinajstić information content (AvgIpc) is 3.02. The van der Waals surface area contributed by atoms with Gasteiger partial charge in [-0.05, 0) is 30.0 Å². The Bertz CT molecular complexity index is 393. The Hall–Kier alpha value is -1.37. The molecule has 2 N–H and O–H groups in total. The van der Waals surface area contributed by atoms with Gasteiger partial charge in [-0.15, -0.1) is 0 Å². The molecular weight excluding hydrogens is 200 g/mol. The number of aliphatic hydroxyl groups is 1. The zero-order chi connectivity index (χ0) is 11.5. The molecule has 16 heavy (non-hydrogen) atoms. The Balaban J connectivity index is 1.87. The van der Waals surface area contributed by atoms with Gasteiger partial charge in [-0.1, -0.05) is 19.1 Å². The van der Waals surface area contributed by atoms with Crippen LogP contribution >= 0.6 is 0 Å². The number of aliphatic hydroxyl groups excluding tert-OH is 1. The maximum absolute atomic E-state index is 9.90. The summed E-state index contributed by atoms with van der Waals surface area (Å²) in [5.41, 5.74) is 1.49. The number of hydrogen-bond acceptors (Lipinski definition) is 3. The number of benzene rings is 1. The van der Waals surface area contributed by atoms with E-state index in [1.807, 2.05) is 0 Å². The van der Waals surface area contributed by atoms with Crippen molar-refractivity contribution in [3.8, 4) is 6.07 Å². The fourth-order valence-electron chi connectivity index (χ4n) is 1.77. The van der Waals surface area contributed by atoms with E-state index in [4.69, 9.17) is 5.26 Å². The zero-order valence-electron chi connectivity index (χ0n) is 9.35. The number of rotatable bonds is 4. The van der Waals surface area contributed by atoms with E-state index in [1.54, 1.807) is 24.3 Å². The Morgan fingerprint density at radius 1 is 1.50 bits per heavy atom. The lowest BCUT2D eigenvalue weighted by molar-refractivity contribution is 0.173. The van der Waals surface area contributed by atoms with E-state index in [1.165, 1.54) is 6.42 Å². The number of hydrogen-bond donors (Lipinski definition) is 2. The molecule has 0 heterocycles. The van der Waals surface area contributed by atoms with Crippen LogP contribution in [0.1, 0.15) is 30.6 Å². The second kappa shape index (κ2) is 4.65. The topological polar surface area (TPSA) is 56.0 Å². The van der Waals surface area contributed by atoms with Gasteiger partial charge in [0.25, 0.3) is 0 Å². The molecule has 0 radical (unpaired) electrons. The molecule has 1 aliphatic carbocycles. The summed E-state index contributed by atoms with van der Waals surface area (Å²) in [5, 5.41) is 21.9. The van der Waals surface area contributed by atoms with E-state index in [2.05, 4.69) is 18.3 Å². The van der Waals surface area contributed by atoms with Crippen molar-refractivity contribution >= 4 is 0 Å². The normalized spacial score (nSPS) is 24.8. The molecule has 1 aliphatic rings. The highest BCUT2D eigenvalue weighted by molar-refractivity contribution is 5.32. The van der Waals surface area contributed by atoms with Crippen molar-refractivity contribution in [3.05, 3.63) is 35.4 Å². The quantitative estimate of drug-likeness (QED) is 0.803. The molecule has 84 valence electrons. The van der Waals surface area contributed by atoms with Crippen LogP contribution in [0.15, 0.2) is 24.3 Å². The third kappa shape index (κ3) is 2.60. The maximum atomic E-state index is 9.90. The molecule has 2 rings (SSSR count). The molecule has 0 saturated heterocycles. The standard InChI is InChI=1S/C13H16N2O/c1-9-6-12(9)15-8-13(16)11-4-2-10(7-14)3-5-11/h2-5,9,12-13,15-16H,6,8H2,1H3. The van der Waals surface area contributed by atoms with Crippen LogP contribution in [0.3, 0.4) is 0 Å². The third-order valence-corrected chi connectivity index (χ3v) is 3.11. The molecule has 1 fully saturated rings. The van der Waals surface area contributed by atoms with Gasteiger partial charge < -0.3 is 10.4 Å². The molecule has 0 aromatic heterocycles. The first-order valence-corrected chi connectivity index (χ1v) is 5.62. The molecule has 1 aromatic rings. The lowest BCUT2D eigenvalue weighted by Gasteiger charge is -2.11. The van der Waals surface area contributed by atoms with Crippen LogP contribution in [0.2, 0.25) is 0 Å². The van der Waals surface area contributed by atoms with Crippen LogP contribution in [0, 0.1) is 17.2 Å². The van der Waals surface area contributed by atoms with Crippen molar-refractivity contribution in [2.75, 3.05) is 6.54 Å². The average molecular weight is 216 g/mol. The molecule has 3 nitrogen and oxygen atoms in total. The highest BCUT2D eigenvalue weighted by Gasteiger charge is 2.32. The summed E-state index contributed by atoms with van der Waals surface area (Å²) in [6.45, 7) is 2.78. The second-order valence-corrected chi connectivity index (χ2v) is 4.48. The van der Waals surface area contributed by atoms with Crippen molar-refractivity contribution in [3.63, 3.8) is 0 Å². The van der Waals surface area contributed by atoms with Gasteiger partial charge in [0, 0.05) is 12.6 Å². The smallest absolute Gasteiger partial charge is 0.0991 e. The fraction of sp³-hybridized carbons (Fsp3) is 0.462. The van der Waals surface area contributed by atoms with E-state index < -0.39 is 6.10 Å². The summed E-state index contributed by atoms with van der Waals surface area (Å²) in [5.74, 6) is 0.744. The van der Waals surface area contributed by atoms with E-state index in [0.29, 0.717) is 18.2 Å². The first-order valence-electron chi connectivity index (χ1n) is 5.62. The van der Waals surface area contributed by atoms with Gasteiger partial charge in [0.1, 0.15) is 0 Å². The van der Waals surface area contributed by atoms with Crippen molar-refractivity contribution < 1.29 is 5.11 Å². The minimum atomic E-state index is -0.486. The Morgan fingerprint density at radius 3 is 2.62 bits per heavy atom. The monoisotopic (exact) mass is 216 g/mol. The minimum Gasteiger partial charge on any atom is -0.387 e. The van der Waals surface area contributed by atoms with E-state index in [-0.39, 0.29) is 0 Å². The molecule has 3 unspecified atom stereocenters. The predicted molar refractivity (Wildman–Crippen MR) is 61.7 cm³/mol. The lowest BCUT2D eigenvalue weighted by Crippen LogP contribution is -2.24. The van der Waals surface area contributed by atoms with E-state index >= 15 is 0 Å². The minimum absolute atomic E-state index is 0.486. The third-order valence-electron chi connectivity index (χ3n) is 3.11. The zero-order valence-corrected chi connectivity index (χ0v) is 9.35. The predicted octanol–water partition coefficient (Wildman–Crippen LogP) is 1.59. The highest BCUT2D eigenvalue weighted by atomic mass is 16.3. The summed E-state index contributed by atoms with van der Waals surface area (Å²) in [6, 6.07) is 9.72. The van der Waals surface area contributed by atoms with Gasteiger partial charge in [-0.25, -0.2) is 0 Å². The van der Waals surface area contributed by atoms with Crippen molar-refractivity contribution in [2.24, 2.45) is 5.92 Å². The molecular formula is C13H16N2O. The van der Waals surface area contributed by atoms with Gasteiger partial charge in [-0.2, -0.15) is 5.26 Å². The molecule has 0 amide bonds. The van der Waals surface area contributed by atoms with Crippen molar-refractivity contribution in [1.82, 2.24) is 5.32 Å². The SMILES string of the molecule is CC1CC1NCC(O)c1ccc(C#N)cc1. The highest BCUT2D eigenvalue weighted by Crippen LogP contribution is 2.29. The number of nitrogens with one attached hydrogen (secondary N) is 1. The Morgan fingerprint density at radius 2 is 2.12 bits per heavy atom. The van der Waals surface area contributed by atoms with Gasteiger partial charge in [-0.3, -0.25) is 0 Å². The number of nitrogens with zero attached hydrogens (tertiary/aromatic N) is 1. The molecule has 0 spiro atoms. The molecule has 1 saturated carbocycles. The lowest BCUT2D eigenvalue weighted by atomic mass is 10.1. The van der Waals surface area contributed by atoms with Crippen LogP contribution in [0.25, 0.3) is 0 Å². The van der Waals surface area contributed by atoms with Crippen molar-refractivity contribution in [2.45, 2.75) is 25.5 Å². The molecule has 3 atom stereocenters. The van der Waals surface area contributed by atoms with E-state index in [0.717, 1.165) is 11.5 Å². The second-order valence-electron chi connectivity index (χ2n) is 4.48. The van der Waals surface area contributed by atoms with Crippen LogP contribution in [-0.2, 0) is 0 Å². The summed E-state index contributed by atoms with van der Waals surface area (Å²) >= 11 is 0. The van der Waals surface area contributed by atoms with Crippen LogP contribution in [0.4, 0.5) is 0 Å². The largest absolute Gasteiger partial charge is 0.387 e. The first kappa shape index (κ1) is 11.1. The first-order chi connectivity index (χ1) is 7.70. The Labute approximate surface area is 95.7 Å². The summed E-state index contributed by atoms with van der Waals surface area (Å²) < 4.78 is 0. The maximum Gasteiger partial charge on any atom is 0.0991 e. The number of nitriles is 1. The van der Waals surface area contributed by atoms with Gasteiger partial charge in [0.2, 0.25) is 0 Å².